The Hall–Kier alpha value is -0.160. The maximum absolute atomic E-state index is 9.07. The lowest BCUT2D eigenvalue weighted by molar-refractivity contribution is -0.00306. The summed E-state index contributed by atoms with van der Waals surface area (Å²) in [4.78, 5) is 0. The summed E-state index contributed by atoms with van der Waals surface area (Å²) in [6.45, 7) is -0.0336. The van der Waals surface area contributed by atoms with Crippen LogP contribution in [0.25, 0.3) is 0 Å². The standard InChI is InChI=1S/C6H13NO3/c8-3-4-1-5(9)2-6(10)7-4/h4-10H,1-3H2/t4-,5-,6+/m0/s1. The Morgan fingerprint density at radius 1 is 1.30 bits per heavy atom. The van der Waals surface area contributed by atoms with Crippen LogP contribution in [-0.4, -0.2) is 40.3 Å². The molecule has 0 aromatic rings. The summed E-state index contributed by atoms with van der Waals surface area (Å²) >= 11 is 0. The lowest BCUT2D eigenvalue weighted by Crippen LogP contribution is -2.48. The minimum absolute atomic E-state index is 0.0336. The molecule has 0 unspecified atom stereocenters. The van der Waals surface area contributed by atoms with E-state index in [4.69, 9.17) is 15.3 Å². The first-order valence-corrected chi connectivity index (χ1v) is 3.45. The van der Waals surface area contributed by atoms with Crippen molar-refractivity contribution < 1.29 is 15.3 Å². The van der Waals surface area contributed by atoms with Gasteiger partial charge in [-0.25, -0.2) is 0 Å². The number of aliphatic hydroxyl groups excluding tert-OH is 3. The molecule has 1 rings (SSSR count). The van der Waals surface area contributed by atoms with E-state index in [0.29, 0.717) is 12.8 Å². The van der Waals surface area contributed by atoms with Crippen LogP contribution in [0.1, 0.15) is 12.8 Å². The molecule has 0 spiro atoms. The number of aliphatic hydroxyl groups is 3. The van der Waals surface area contributed by atoms with Crippen LogP contribution in [0.5, 0.6) is 0 Å². The van der Waals surface area contributed by atoms with Crippen molar-refractivity contribution >= 4 is 0 Å². The average Bonchev–Trinajstić information content (AvgIpc) is 1.85. The zero-order valence-electron chi connectivity index (χ0n) is 5.70. The molecular formula is C6H13NO3. The van der Waals surface area contributed by atoms with E-state index in [0.717, 1.165) is 0 Å². The van der Waals surface area contributed by atoms with Crippen LogP contribution in [0, 0.1) is 0 Å². The van der Waals surface area contributed by atoms with Crippen molar-refractivity contribution in [1.82, 2.24) is 5.32 Å². The van der Waals surface area contributed by atoms with Crippen LogP contribution in [0.3, 0.4) is 0 Å². The molecule has 0 radical (unpaired) electrons. The molecular weight excluding hydrogens is 134 g/mol. The minimum Gasteiger partial charge on any atom is -0.395 e. The van der Waals surface area contributed by atoms with Gasteiger partial charge < -0.3 is 15.3 Å². The first-order chi connectivity index (χ1) is 4.72. The fourth-order valence-corrected chi connectivity index (χ4v) is 1.22. The monoisotopic (exact) mass is 147 g/mol. The van der Waals surface area contributed by atoms with Crippen LogP contribution in [0.2, 0.25) is 0 Å². The summed E-state index contributed by atoms with van der Waals surface area (Å²) in [5, 5.41) is 29.5. The third-order valence-corrected chi connectivity index (χ3v) is 1.70. The number of hydrogen-bond donors (Lipinski definition) is 4. The molecule has 60 valence electrons. The van der Waals surface area contributed by atoms with E-state index < -0.39 is 12.3 Å². The Morgan fingerprint density at radius 2 is 2.00 bits per heavy atom. The van der Waals surface area contributed by atoms with E-state index in [-0.39, 0.29) is 12.6 Å². The summed E-state index contributed by atoms with van der Waals surface area (Å²) < 4.78 is 0. The molecule has 4 nitrogen and oxygen atoms in total. The van der Waals surface area contributed by atoms with E-state index in [1.807, 2.05) is 0 Å². The van der Waals surface area contributed by atoms with E-state index in [2.05, 4.69) is 5.32 Å². The quantitative estimate of drug-likeness (QED) is 0.361. The molecule has 1 saturated heterocycles. The van der Waals surface area contributed by atoms with Gasteiger partial charge in [-0.05, 0) is 6.42 Å². The molecule has 4 N–H and O–H groups in total. The summed E-state index contributed by atoms with van der Waals surface area (Å²) in [5.41, 5.74) is 0. The van der Waals surface area contributed by atoms with E-state index in [9.17, 15) is 0 Å². The van der Waals surface area contributed by atoms with Gasteiger partial charge in [0.05, 0.1) is 12.7 Å². The van der Waals surface area contributed by atoms with Gasteiger partial charge >= 0.3 is 0 Å². The Balaban J connectivity index is 2.35. The van der Waals surface area contributed by atoms with Crippen molar-refractivity contribution in [3.8, 4) is 0 Å². The van der Waals surface area contributed by atoms with Gasteiger partial charge in [0.2, 0.25) is 0 Å². The second-order valence-corrected chi connectivity index (χ2v) is 2.69. The van der Waals surface area contributed by atoms with E-state index >= 15 is 0 Å². The van der Waals surface area contributed by atoms with Gasteiger partial charge in [0.1, 0.15) is 6.23 Å². The van der Waals surface area contributed by atoms with E-state index in [1.165, 1.54) is 0 Å². The Kier molecular flexibility index (Phi) is 2.62. The molecule has 1 aliphatic heterocycles. The van der Waals surface area contributed by atoms with Crippen LogP contribution < -0.4 is 5.32 Å². The highest BCUT2D eigenvalue weighted by molar-refractivity contribution is 4.79. The Morgan fingerprint density at radius 3 is 2.50 bits per heavy atom. The first-order valence-electron chi connectivity index (χ1n) is 3.45. The Bertz CT molecular complexity index is 99.2. The van der Waals surface area contributed by atoms with Crippen molar-refractivity contribution in [2.45, 2.75) is 31.2 Å². The van der Waals surface area contributed by atoms with Gasteiger partial charge in [0.25, 0.3) is 0 Å². The number of hydrogen-bond acceptors (Lipinski definition) is 4. The molecule has 3 atom stereocenters. The molecule has 1 fully saturated rings. The third kappa shape index (κ3) is 1.91. The normalized spacial score (nSPS) is 41.7. The van der Waals surface area contributed by atoms with Gasteiger partial charge in [-0.3, -0.25) is 5.32 Å². The molecule has 10 heavy (non-hydrogen) atoms. The van der Waals surface area contributed by atoms with Gasteiger partial charge in [0, 0.05) is 12.5 Å². The summed E-state index contributed by atoms with van der Waals surface area (Å²) in [5.74, 6) is 0. The molecule has 0 bridgehead atoms. The summed E-state index contributed by atoms with van der Waals surface area (Å²) in [6, 6.07) is -0.154. The van der Waals surface area contributed by atoms with E-state index in [1.54, 1.807) is 0 Å². The summed E-state index contributed by atoms with van der Waals surface area (Å²) in [6.07, 6.45) is -0.265. The fourth-order valence-electron chi connectivity index (χ4n) is 1.22. The lowest BCUT2D eigenvalue weighted by Gasteiger charge is -2.29. The van der Waals surface area contributed by atoms with Crippen LogP contribution in [0.4, 0.5) is 0 Å². The fraction of sp³-hybridized carbons (Fsp3) is 1.00. The third-order valence-electron chi connectivity index (χ3n) is 1.70. The van der Waals surface area contributed by atoms with Crippen molar-refractivity contribution in [1.29, 1.82) is 0 Å². The predicted octanol–water partition coefficient (Wildman–Crippen LogP) is -1.59. The molecule has 0 aliphatic carbocycles. The topological polar surface area (TPSA) is 72.7 Å². The zero-order chi connectivity index (χ0) is 7.56. The molecule has 0 saturated carbocycles. The molecule has 0 aromatic heterocycles. The second-order valence-electron chi connectivity index (χ2n) is 2.69. The van der Waals surface area contributed by atoms with Gasteiger partial charge in [0.15, 0.2) is 0 Å². The average molecular weight is 147 g/mol. The first kappa shape index (κ1) is 7.94. The molecule has 1 aliphatic rings. The number of nitrogens with one attached hydrogen (secondary N) is 1. The Labute approximate surface area is 59.5 Å². The number of rotatable bonds is 1. The predicted molar refractivity (Wildman–Crippen MR) is 35.3 cm³/mol. The lowest BCUT2D eigenvalue weighted by atomic mass is 10.0. The van der Waals surface area contributed by atoms with Gasteiger partial charge in [-0.1, -0.05) is 0 Å². The molecule has 0 amide bonds. The molecule has 0 aromatic carbocycles. The van der Waals surface area contributed by atoms with Crippen molar-refractivity contribution in [3.05, 3.63) is 0 Å². The van der Waals surface area contributed by atoms with Crippen molar-refractivity contribution in [3.63, 3.8) is 0 Å². The number of piperidine rings is 1. The van der Waals surface area contributed by atoms with Gasteiger partial charge in [-0.2, -0.15) is 0 Å². The molecule has 1 heterocycles. The SMILES string of the molecule is OC[C@@H]1C[C@H](O)C[C@@H](O)N1. The maximum Gasteiger partial charge on any atom is 0.107 e. The van der Waals surface area contributed by atoms with Crippen LogP contribution in [0.15, 0.2) is 0 Å². The summed E-state index contributed by atoms with van der Waals surface area (Å²) in [7, 11) is 0. The van der Waals surface area contributed by atoms with Crippen molar-refractivity contribution in [2.75, 3.05) is 6.61 Å². The smallest absolute Gasteiger partial charge is 0.107 e. The highest BCUT2D eigenvalue weighted by Gasteiger charge is 2.24. The second kappa shape index (κ2) is 3.30. The largest absolute Gasteiger partial charge is 0.395 e. The molecule has 4 heteroatoms. The van der Waals surface area contributed by atoms with Crippen LogP contribution in [-0.2, 0) is 0 Å². The maximum atomic E-state index is 9.07. The highest BCUT2D eigenvalue weighted by atomic mass is 16.3. The minimum atomic E-state index is -0.666. The van der Waals surface area contributed by atoms with Gasteiger partial charge in [-0.15, -0.1) is 0 Å². The highest BCUT2D eigenvalue weighted by Crippen LogP contribution is 2.11. The van der Waals surface area contributed by atoms with Crippen molar-refractivity contribution in [2.24, 2.45) is 0 Å². The van der Waals surface area contributed by atoms with Crippen LogP contribution >= 0.6 is 0 Å². The zero-order valence-corrected chi connectivity index (χ0v) is 5.70.